The second-order valence-corrected chi connectivity index (χ2v) is 14.4. The van der Waals surface area contributed by atoms with E-state index < -0.39 is 47.7 Å². The summed E-state index contributed by atoms with van der Waals surface area (Å²) in [4.78, 5) is 69.4. The molecular formula is C38H65N5O7. The van der Waals surface area contributed by atoms with Crippen LogP contribution in [0.4, 0.5) is 0 Å². The third-order valence-corrected chi connectivity index (χ3v) is 9.83. The number of hydrogen-bond donors (Lipinski definition) is 3. The van der Waals surface area contributed by atoms with Gasteiger partial charge in [0.15, 0.2) is 0 Å². The fourth-order valence-electron chi connectivity index (χ4n) is 6.54. The van der Waals surface area contributed by atoms with Gasteiger partial charge in [-0.15, -0.1) is 0 Å². The molecule has 8 unspecified atom stereocenters. The number of carbonyl (C=O) groups is 5. The van der Waals surface area contributed by atoms with Crippen LogP contribution in [-0.2, 0) is 33.4 Å². The highest BCUT2D eigenvalue weighted by atomic mass is 16.5. The van der Waals surface area contributed by atoms with Crippen molar-refractivity contribution in [3.63, 3.8) is 0 Å². The van der Waals surface area contributed by atoms with Crippen LogP contribution in [-0.4, -0.2) is 109 Å². The van der Waals surface area contributed by atoms with E-state index in [1.165, 1.54) is 14.2 Å². The van der Waals surface area contributed by atoms with Gasteiger partial charge in [-0.3, -0.25) is 19.2 Å². The van der Waals surface area contributed by atoms with Crippen LogP contribution in [0.3, 0.4) is 0 Å². The van der Waals surface area contributed by atoms with E-state index in [1.54, 1.807) is 49.8 Å². The topological polar surface area (TPSA) is 160 Å². The Labute approximate surface area is 300 Å². The molecule has 1 saturated heterocycles. The number of likely N-dealkylation sites (N-methyl/N-ethyl adjacent to an activating group) is 1. The summed E-state index contributed by atoms with van der Waals surface area (Å²) in [5.41, 5.74) is 5.73. The van der Waals surface area contributed by atoms with Crippen LogP contribution in [0.15, 0.2) is 36.5 Å². The second-order valence-electron chi connectivity index (χ2n) is 14.4. The molecule has 8 atom stereocenters. The number of methoxy groups -OCH3 is 2. The maximum Gasteiger partial charge on any atom is 0.245 e. The Bertz CT molecular complexity index is 1210. The van der Waals surface area contributed by atoms with Gasteiger partial charge >= 0.3 is 0 Å². The molecule has 0 aromatic carbocycles. The number of carbonyl (C=O) groups excluding carboxylic acids is 5. The van der Waals surface area contributed by atoms with Gasteiger partial charge < -0.3 is 40.4 Å². The highest BCUT2D eigenvalue weighted by molar-refractivity contribution is 5.91. The number of hydrogen-bond acceptors (Lipinski definition) is 8. The number of nitrogens with one attached hydrogen (secondary N) is 2. The van der Waals surface area contributed by atoms with Crippen molar-refractivity contribution in [2.45, 2.75) is 129 Å². The van der Waals surface area contributed by atoms with Crippen molar-refractivity contribution in [2.75, 3.05) is 27.8 Å². The molecule has 0 radical (unpaired) electrons. The first-order valence-corrected chi connectivity index (χ1v) is 17.8. The molecule has 4 N–H and O–H groups in total. The van der Waals surface area contributed by atoms with Gasteiger partial charge in [0.05, 0.1) is 48.2 Å². The van der Waals surface area contributed by atoms with E-state index in [0.29, 0.717) is 19.4 Å². The molecule has 0 aromatic heterocycles. The van der Waals surface area contributed by atoms with E-state index in [1.807, 2.05) is 46.8 Å². The SMILES string of the molecule is C=C/C=C\C(=C/C)CC(C=O)NC(=O)C(C)C(OC)C1CCCN1C(=O)CC(OC)C(C(C)CC)N(C)C(=O)C(NC(=O)C(C)(C)N)C(C)C. The highest BCUT2D eigenvalue weighted by Gasteiger charge is 2.43. The van der Waals surface area contributed by atoms with E-state index in [4.69, 9.17) is 15.2 Å². The Kier molecular flexibility index (Phi) is 18.9. The second kappa shape index (κ2) is 21.1. The molecule has 1 heterocycles. The fourth-order valence-corrected chi connectivity index (χ4v) is 6.54. The van der Waals surface area contributed by atoms with E-state index in [0.717, 1.165) is 24.7 Å². The van der Waals surface area contributed by atoms with Gasteiger partial charge in [-0.2, -0.15) is 0 Å². The van der Waals surface area contributed by atoms with Crippen LogP contribution in [0, 0.1) is 17.8 Å². The van der Waals surface area contributed by atoms with Gasteiger partial charge in [-0.25, -0.2) is 0 Å². The molecule has 50 heavy (non-hydrogen) atoms. The standard InChI is InChI=1S/C38H65N5O7/c1-13-16-18-27(15-3)21-28(23-44)40-35(46)26(7)34(50-12)29-19-17-20-43(29)31(45)22-30(49-11)33(25(6)14-2)42(10)36(47)32(24(4)5)41-37(48)38(8,9)39/h13,15-16,18,23-26,28-30,32-34H,1,14,17,19-22,39H2,2-12H3,(H,40,46)(H,41,48)/b18-16-,27-15+. The Hall–Kier alpha value is -3.35. The smallest absolute Gasteiger partial charge is 0.245 e. The number of nitrogens with zero attached hydrogens (tertiary/aromatic N) is 2. The van der Waals surface area contributed by atoms with Gasteiger partial charge in [0, 0.05) is 27.8 Å². The first kappa shape index (κ1) is 44.7. The number of amides is 4. The van der Waals surface area contributed by atoms with E-state index in [-0.39, 0.29) is 42.0 Å². The van der Waals surface area contributed by atoms with Gasteiger partial charge in [-0.05, 0) is 57.4 Å². The maximum absolute atomic E-state index is 14.1. The summed E-state index contributed by atoms with van der Waals surface area (Å²) in [7, 11) is 4.75. The lowest BCUT2D eigenvalue weighted by atomic mass is 9.89. The predicted octanol–water partition coefficient (Wildman–Crippen LogP) is 3.55. The van der Waals surface area contributed by atoms with Crippen molar-refractivity contribution in [1.82, 2.24) is 20.4 Å². The first-order chi connectivity index (χ1) is 23.4. The zero-order chi connectivity index (χ0) is 38.3. The van der Waals surface area contributed by atoms with Gasteiger partial charge in [0.2, 0.25) is 23.6 Å². The average Bonchev–Trinajstić information content (AvgIpc) is 3.56. The first-order valence-electron chi connectivity index (χ1n) is 17.8. The number of rotatable bonds is 21. The lowest BCUT2D eigenvalue weighted by Crippen LogP contribution is -2.60. The number of nitrogens with two attached hydrogens (primary N) is 1. The molecule has 4 amide bonds. The largest absolute Gasteiger partial charge is 0.379 e. The van der Waals surface area contributed by atoms with Gasteiger partial charge in [-0.1, -0.05) is 71.9 Å². The Balaban J connectivity index is 3.23. The van der Waals surface area contributed by atoms with Crippen molar-refractivity contribution < 1.29 is 33.4 Å². The monoisotopic (exact) mass is 703 g/mol. The number of likely N-dealkylation sites (tertiary alicyclic amines) is 1. The third kappa shape index (κ3) is 12.5. The highest BCUT2D eigenvalue weighted by Crippen LogP contribution is 2.29. The predicted molar refractivity (Wildman–Crippen MR) is 197 cm³/mol. The molecule has 1 fully saturated rings. The summed E-state index contributed by atoms with van der Waals surface area (Å²) in [5.74, 6) is -2.14. The minimum Gasteiger partial charge on any atom is -0.379 e. The lowest BCUT2D eigenvalue weighted by Gasteiger charge is -2.41. The number of allylic oxidation sites excluding steroid dienone is 4. The molecular weight excluding hydrogens is 638 g/mol. The maximum atomic E-state index is 14.1. The Morgan fingerprint density at radius 1 is 1.08 bits per heavy atom. The summed E-state index contributed by atoms with van der Waals surface area (Å²) in [6.07, 6.45) is 9.03. The van der Waals surface area contributed by atoms with E-state index >= 15 is 0 Å². The quantitative estimate of drug-likeness (QED) is 0.121. The molecule has 12 heteroatoms. The summed E-state index contributed by atoms with van der Waals surface area (Å²) >= 11 is 0. The summed E-state index contributed by atoms with van der Waals surface area (Å²) in [5, 5.41) is 5.67. The molecule has 0 saturated carbocycles. The normalized spacial score (nSPS) is 19.7. The third-order valence-electron chi connectivity index (χ3n) is 9.83. The van der Waals surface area contributed by atoms with Crippen molar-refractivity contribution in [3.05, 3.63) is 36.5 Å². The molecule has 0 aliphatic carbocycles. The van der Waals surface area contributed by atoms with Crippen LogP contribution in [0.1, 0.15) is 87.5 Å². The van der Waals surface area contributed by atoms with Crippen molar-refractivity contribution in [3.8, 4) is 0 Å². The molecule has 0 spiro atoms. The minimum atomic E-state index is -1.16. The zero-order valence-electron chi connectivity index (χ0n) is 32.4. The summed E-state index contributed by atoms with van der Waals surface area (Å²) in [6.45, 7) is 18.7. The van der Waals surface area contributed by atoms with Crippen molar-refractivity contribution in [1.29, 1.82) is 0 Å². The van der Waals surface area contributed by atoms with Crippen LogP contribution >= 0.6 is 0 Å². The zero-order valence-corrected chi connectivity index (χ0v) is 32.4. The van der Waals surface area contributed by atoms with Crippen molar-refractivity contribution in [2.24, 2.45) is 23.5 Å². The molecule has 12 nitrogen and oxygen atoms in total. The van der Waals surface area contributed by atoms with Crippen LogP contribution in [0.2, 0.25) is 0 Å². The summed E-state index contributed by atoms with van der Waals surface area (Å²) in [6, 6.07) is -2.39. The number of ether oxygens (including phenoxy) is 2. The number of aldehydes is 1. The van der Waals surface area contributed by atoms with Crippen molar-refractivity contribution >= 4 is 29.9 Å². The molecule has 284 valence electrons. The minimum absolute atomic E-state index is 0.00272. The Morgan fingerprint density at radius 2 is 1.72 bits per heavy atom. The van der Waals surface area contributed by atoms with E-state index in [2.05, 4.69) is 17.2 Å². The summed E-state index contributed by atoms with van der Waals surface area (Å²) < 4.78 is 11.8. The van der Waals surface area contributed by atoms with Gasteiger partial charge in [0.1, 0.15) is 12.3 Å². The molecule has 1 rings (SSSR count). The lowest BCUT2D eigenvalue weighted by molar-refractivity contribution is -0.148. The average molecular weight is 704 g/mol. The molecule has 0 bridgehead atoms. The van der Waals surface area contributed by atoms with Crippen LogP contribution in [0.25, 0.3) is 0 Å². The fraction of sp³-hybridized carbons (Fsp3) is 0.711. The van der Waals surface area contributed by atoms with Gasteiger partial charge in [0.25, 0.3) is 0 Å². The molecule has 1 aliphatic heterocycles. The van der Waals surface area contributed by atoms with Crippen LogP contribution in [0.5, 0.6) is 0 Å². The molecule has 0 aromatic rings. The van der Waals surface area contributed by atoms with Crippen LogP contribution < -0.4 is 16.4 Å². The van der Waals surface area contributed by atoms with E-state index in [9.17, 15) is 24.0 Å². The Morgan fingerprint density at radius 3 is 2.20 bits per heavy atom. The molecule has 1 aliphatic rings.